The molecule has 88 heavy (non-hydrogen) atoms. The number of carboxylic acids is 3. The number of hydrogen-bond acceptors (Lipinski definition) is 10. The average molecular weight is 1240 g/mol. The van der Waals surface area contributed by atoms with Gasteiger partial charge in [-0.15, -0.1) is 0 Å². The first-order valence-electron chi connectivity index (χ1n) is 28.0. The van der Waals surface area contributed by atoms with Crippen LogP contribution in [0.15, 0.2) is 234 Å². The van der Waals surface area contributed by atoms with E-state index in [1.165, 1.54) is 0 Å². The van der Waals surface area contributed by atoms with Gasteiger partial charge in [-0.2, -0.15) is 0 Å². The van der Waals surface area contributed by atoms with Gasteiger partial charge in [-0.05, 0) is 187 Å². The zero-order valence-corrected chi connectivity index (χ0v) is 50.9. The average Bonchev–Trinajstić information content (AvgIpc) is 1.05. The van der Waals surface area contributed by atoms with Crippen molar-refractivity contribution in [1.82, 2.24) is 0 Å². The van der Waals surface area contributed by atoms with Gasteiger partial charge in [0.15, 0.2) is 0 Å². The Morgan fingerprint density at radius 1 is 0.375 bits per heavy atom. The van der Waals surface area contributed by atoms with E-state index in [0.717, 1.165) is 55.2 Å². The molecule has 0 atom stereocenters. The van der Waals surface area contributed by atoms with Crippen LogP contribution in [0.5, 0.6) is 0 Å². The number of sulfonamides is 3. The minimum absolute atomic E-state index is 0.0270. The van der Waals surface area contributed by atoms with Crippen LogP contribution in [0.1, 0.15) is 71.4 Å². The van der Waals surface area contributed by atoms with Crippen LogP contribution in [-0.4, -0.2) is 78.3 Å². The molecule has 19 heteroatoms. The summed E-state index contributed by atoms with van der Waals surface area (Å²) in [6.45, 7) is 1.58. The second kappa shape index (κ2) is 29.0. The summed E-state index contributed by atoms with van der Waals surface area (Å²) in [7, 11) is -6.96. The highest BCUT2D eigenvalue weighted by atomic mass is 32.2. The number of carbonyl (C=O) groups is 3. The van der Waals surface area contributed by atoms with E-state index >= 15 is 0 Å². The van der Waals surface area contributed by atoms with Gasteiger partial charge in [-0.25, -0.2) is 39.6 Å². The minimum atomic E-state index is -3.82. The minimum Gasteiger partial charge on any atom is -0.478 e. The van der Waals surface area contributed by atoms with Crippen molar-refractivity contribution in [3.63, 3.8) is 0 Å². The largest absolute Gasteiger partial charge is 0.478 e. The van der Waals surface area contributed by atoms with Crippen LogP contribution in [0.2, 0.25) is 0 Å². The third-order valence-electron chi connectivity index (χ3n) is 14.2. The maximum atomic E-state index is 13.3. The van der Waals surface area contributed by atoms with Crippen molar-refractivity contribution in [3.8, 4) is 0 Å². The normalized spacial score (nSPS) is 11.3. The summed E-state index contributed by atoms with van der Waals surface area (Å²) in [5, 5.41) is 30.7. The fraction of sp³-hybridized carbons (Fsp3) is 0.145. The molecule has 0 bridgehead atoms. The van der Waals surface area contributed by atoms with Crippen LogP contribution in [0, 0.1) is 0 Å². The summed E-state index contributed by atoms with van der Waals surface area (Å²) in [4.78, 5) is 35.7. The molecule has 10 aromatic rings. The number of aromatic carboxylic acids is 3. The summed E-state index contributed by atoms with van der Waals surface area (Å²) in [5.74, 6) is -2.82. The SMILES string of the molecule is CCS(=O)(=O)Nc1cccc(CCc2cccc(C(=O)O)c2)c1.CN(C)c1cccc2c(S(=O)(=O)Nc3cccc(CCc4cccc(C(=O)O)c4)c3)cccc12.O=C(O)c1cccc(CCc2cccc(NS(=O)(=O)c3ccc4ccccc4c3)c2)c1. The van der Waals surface area contributed by atoms with Gasteiger partial charge in [0.05, 0.1) is 32.2 Å². The van der Waals surface area contributed by atoms with E-state index in [4.69, 9.17) is 10.2 Å². The molecule has 0 aliphatic carbocycles. The van der Waals surface area contributed by atoms with Crippen LogP contribution >= 0.6 is 0 Å². The van der Waals surface area contributed by atoms with Gasteiger partial charge >= 0.3 is 17.9 Å². The third-order valence-corrected chi connectivity index (χ3v) is 18.4. The monoisotopic (exact) mass is 1240 g/mol. The van der Waals surface area contributed by atoms with E-state index in [-0.39, 0.29) is 32.2 Å². The van der Waals surface area contributed by atoms with Gasteiger partial charge < -0.3 is 20.2 Å². The summed E-state index contributed by atoms with van der Waals surface area (Å²) in [6, 6.07) is 65.9. The number of hydrogen-bond donors (Lipinski definition) is 6. The Morgan fingerprint density at radius 3 is 1.18 bits per heavy atom. The molecular weight excluding hydrogens is 1170 g/mol. The fourth-order valence-electron chi connectivity index (χ4n) is 9.72. The summed E-state index contributed by atoms with van der Waals surface area (Å²) < 4.78 is 83.4. The molecule has 0 fully saturated rings. The molecule has 0 aliphatic heterocycles. The van der Waals surface area contributed by atoms with E-state index in [1.807, 2.05) is 116 Å². The maximum Gasteiger partial charge on any atom is 0.335 e. The molecule has 10 aromatic carbocycles. The second-order valence-corrected chi connectivity index (χ2v) is 26.2. The van der Waals surface area contributed by atoms with Crippen LogP contribution < -0.4 is 19.1 Å². The lowest BCUT2D eigenvalue weighted by molar-refractivity contribution is 0.0686. The van der Waals surface area contributed by atoms with E-state index < -0.39 is 48.0 Å². The Kier molecular flexibility index (Phi) is 21.2. The first kappa shape index (κ1) is 64.2. The Hall–Kier alpha value is -9.82. The van der Waals surface area contributed by atoms with Crippen LogP contribution in [0.25, 0.3) is 21.5 Å². The maximum absolute atomic E-state index is 13.3. The molecule has 0 spiro atoms. The third kappa shape index (κ3) is 17.9. The van der Waals surface area contributed by atoms with Gasteiger partial charge in [0.1, 0.15) is 0 Å². The highest BCUT2D eigenvalue weighted by Crippen LogP contribution is 2.32. The molecule has 6 N–H and O–H groups in total. The molecule has 452 valence electrons. The van der Waals surface area contributed by atoms with E-state index in [1.54, 1.807) is 134 Å². The summed E-state index contributed by atoms with van der Waals surface area (Å²) in [5.41, 5.74) is 8.92. The second-order valence-electron chi connectivity index (χ2n) is 20.9. The predicted molar refractivity (Wildman–Crippen MR) is 349 cm³/mol. The van der Waals surface area contributed by atoms with Gasteiger partial charge in [0.25, 0.3) is 20.0 Å². The predicted octanol–water partition coefficient (Wildman–Crippen LogP) is 13.2. The van der Waals surface area contributed by atoms with E-state index in [2.05, 4.69) is 14.2 Å². The van der Waals surface area contributed by atoms with E-state index in [0.29, 0.717) is 61.0 Å². The van der Waals surface area contributed by atoms with Crippen molar-refractivity contribution >= 4 is 92.3 Å². The van der Waals surface area contributed by atoms with Crippen molar-refractivity contribution < 1.29 is 55.0 Å². The molecule has 0 saturated heterocycles. The number of nitrogens with one attached hydrogen (secondary N) is 3. The Bertz CT molecular complexity index is 4520. The number of carboxylic acid groups (broad SMARTS) is 3. The molecule has 0 aromatic heterocycles. The number of rotatable bonds is 22. The van der Waals surface area contributed by atoms with Crippen molar-refractivity contribution in [3.05, 3.63) is 275 Å². The quantitative estimate of drug-likeness (QED) is 0.0370. The molecular formula is C69H66N4O12S3. The van der Waals surface area contributed by atoms with Crippen LogP contribution in [0.3, 0.4) is 0 Å². The molecule has 0 saturated carbocycles. The standard InChI is InChI=1S/C27H26N2O4S.C25H21NO4S.C17H19NO4S/c1-29(2)25-13-5-12-24-23(25)11-6-14-26(24)34(32,33)28-22-10-4-8-20(18-22)16-15-19-7-3-9-21(17-19)27(30)31;27-25(28)22-9-3-5-18(15-22)11-12-19-6-4-10-23(16-19)26-31(29,30)24-14-13-20-7-1-2-8-21(20)17-24;1-2-23(21,22)18-16-8-4-6-14(12-16)10-9-13-5-3-7-15(11-13)17(19)20/h3-14,17-18,28H,15-16H2,1-2H3,(H,30,31);1-10,13-17,26H,11-12H2,(H,27,28);3-8,11-12,18H,2,9-10H2,1H3,(H,19,20). The number of anilines is 4. The highest BCUT2D eigenvalue weighted by Gasteiger charge is 2.20. The topological polar surface area (TPSA) is 254 Å². The lowest BCUT2D eigenvalue weighted by Crippen LogP contribution is -2.14. The molecule has 0 radical (unpaired) electrons. The van der Waals surface area contributed by atoms with Crippen molar-refractivity contribution in [2.24, 2.45) is 0 Å². The number of fused-ring (bicyclic) bond motifs is 2. The number of benzene rings is 10. The van der Waals surface area contributed by atoms with Crippen molar-refractivity contribution in [2.45, 2.75) is 55.2 Å². The highest BCUT2D eigenvalue weighted by molar-refractivity contribution is 7.93. The van der Waals surface area contributed by atoms with Crippen LogP contribution in [0.4, 0.5) is 22.7 Å². The lowest BCUT2D eigenvalue weighted by Gasteiger charge is -2.17. The molecule has 0 aliphatic rings. The van der Waals surface area contributed by atoms with Crippen LogP contribution in [-0.2, 0) is 68.6 Å². The molecule has 0 unspecified atom stereocenters. The van der Waals surface area contributed by atoms with Crippen molar-refractivity contribution in [2.75, 3.05) is 38.9 Å². The van der Waals surface area contributed by atoms with E-state index in [9.17, 15) is 44.7 Å². The molecule has 10 rings (SSSR count). The molecule has 16 nitrogen and oxygen atoms in total. The smallest absolute Gasteiger partial charge is 0.335 e. The zero-order chi connectivity index (χ0) is 63.0. The zero-order valence-electron chi connectivity index (χ0n) is 48.5. The van der Waals surface area contributed by atoms with Gasteiger partial charge in [-0.1, -0.05) is 127 Å². The Morgan fingerprint density at radius 2 is 0.750 bits per heavy atom. The molecule has 0 amide bonds. The Balaban J connectivity index is 0.000000174. The van der Waals surface area contributed by atoms with Gasteiger partial charge in [-0.3, -0.25) is 14.2 Å². The summed E-state index contributed by atoms with van der Waals surface area (Å²) >= 11 is 0. The molecule has 0 heterocycles. The fourth-order valence-corrected chi connectivity index (χ4v) is 12.7. The Labute approximate surface area is 513 Å². The van der Waals surface area contributed by atoms with Crippen molar-refractivity contribution in [1.29, 1.82) is 0 Å². The summed E-state index contributed by atoms with van der Waals surface area (Å²) in [6.07, 6.45) is 4.00. The number of nitrogens with zero attached hydrogens (tertiary/aromatic N) is 1. The van der Waals surface area contributed by atoms with Gasteiger partial charge in [0.2, 0.25) is 10.0 Å². The lowest BCUT2D eigenvalue weighted by atomic mass is 10.0. The van der Waals surface area contributed by atoms with Gasteiger partial charge in [0, 0.05) is 47.6 Å². The first-order chi connectivity index (χ1) is 42.0. The first-order valence-corrected chi connectivity index (χ1v) is 32.6. The number of aryl methyl sites for hydroxylation is 6.